The van der Waals surface area contributed by atoms with E-state index >= 15 is 0 Å². The number of ether oxygens (including phenoxy) is 1. The number of methoxy groups -OCH3 is 1. The first-order valence-corrected chi connectivity index (χ1v) is 5.52. The predicted molar refractivity (Wildman–Crippen MR) is 57.1 cm³/mol. The molecule has 1 aromatic rings. The second kappa shape index (κ2) is 5.12. The predicted octanol–water partition coefficient (Wildman–Crippen LogP) is 1.00. The van der Waals surface area contributed by atoms with Gasteiger partial charge in [-0.3, -0.25) is 0 Å². The lowest BCUT2D eigenvalue weighted by Gasteiger charge is -2.21. The Kier molecular flexibility index (Phi) is 3.56. The SMILES string of the molecule is COC(=O)c1ncoc1CC1CCNCC1. The molecule has 0 bridgehead atoms. The molecule has 1 fully saturated rings. The average Bonchev–Trinajstić information content (AvgIpc) is 2.77. The molecule has 5 heteroatoms. The van der Waals surface area contributed by atoms with Crippen LogP contribution in [-0.4, -0.2) is 31.2 Å². The topological polar surface area (TPSA) is 64.4 Å². The standard InChI is InChI=1S/C11H16N2O3/c1-15-11(14)10-9(16-7-13-10)6-8-2-4-12-5-3-8/h7-8,12H,2-6H2,1H3. The van der Waals surface area contributed by atoms with E-state index in [9.17, 15) is 4.79 Å². The van der Waals surface area contributed by atoms with Crippen molar-refractivity contribution in [3.05, 3.63) is 17.8 Å². The largest absolute Gasteiger partial charge is 0.464 e. The van der Waals surface area contributed by atoms with Crippen molar-refractivity contribution in [2.24, 2.45) is 5.92 Å². The Hall–Kier alpha value is -1.36. The Balaban J connectivity index is 2.03. The molecule has 2 heterocycles. The molecule has 1 aromatic heterocycles. The van der Waals surface area contributed by atoms with Crippen LogP contribution >= 0.6 is 0 Å². The van der Waals surface area contributed by atoms with Gasteiger partial charge in [-0.25, -0.2) is 9.78 Å². The van der Waals surface area contributed by atoms with Crippen LogP contribution < -0.4 is 5.32 Å². The van der Waals surface area contributed by atoms with Crippen molar-refractivity contribution >= 4 is 5.97 Å². The van der Waals surface area contributed by atoms with E-state index in [0.29, 0.717) is 17.4 Å². The van der Waals surface area contributed by atoms with Gasteiger partial charge in [-0.05, 0) is 31.8 Å². The highest BCUT2D eigenvalue weighted by atomic mass is 16.5. The molecule has 1 aliphatic rings. The molecule has 88 valence electrons. The molecule has 16 heavy (non-hydrogen) atoms. The van der Waals surface area contributed by atoms with E-state index in [-0.39, 0.29) is 0 Å². The Bertz CT molecular complexity index is 356. The first-order valence-electron chi connectivity index (χ1n) is 5.52. The summed E-state index contributed by atoms with van der Waals surface area (Å²) in [5.74, 6) is 0.800. The smallest absolute Gasteiger partial charge is 0.360 e. The van der Waals surface area contributed by atoms with Crippen molar-refractivity contribution in [1.82, 2.24) is 10.3 Å². The van der Waals surface area contributed by atoms with Crippen LogP contribution in [0.2, 0.25) is 0 Å². The first-order chi connectivity index (χ1) is 7.81. The van der Waals surface area contributed by atoms with Gasteiger partial charge in [0.2, 0.25) is 0 Å². The molecule has 0 atom stereocenters. The molecule has 1 aliphatic heterocycles. The van der Waals surface area contributed by atoms with Crippen molar-refractivity contribution in [1.29, 1.82) is 0 Å². The van der Waals surface area contributed by atoms with Crippen molar-refractivity contribution in [3.8, 4) is 0 Å². The zero-order valence-corrected chi connectivity index (χ0v) is 9.36. The Morgan fingerprint density at radius 1 is 1.62 bits per heavy atom. The highest BCUT2D eigenvalue weighted by Crippen LogP contribution is 2.20. The molecule has 0 spiro atoms. The van der Waals surface area contributed by atoms with Gasteiger partial charge in [0.05, 0.1) is 7.11 Å². The highest BCUT2D eigenvalue weighted by Gasteiger charge is 2.21. The lowest BCUT2D eigenvalue weighted by Crippen LogP contribution is -2.28. The fourth-order valence-corrected chi connectivity index (χ4v) is 2.03. The van der Waals surface area contributed by atoms with Crippen LogP contribution in [0.5, 0.6) is 0 Å². The number of nitrogens with zero attached hydrogens (tertiary/aromatic N) is 1. The maximum atomic E-state index is 11.4. The minimum absolute atomic E-state index is 0.320. The zero-order chi connectivity index (χ0) is 11.4. The number of aromatic nitrogens is 1. The van der Waals surface area contributed by atoms with Crippen molar-refractivity contribution in [2.75, 3.05) is 20.2 Å². The second-order valence-corrected chi connectivity index (χ2v) is 4.01. The van der Waals surface area contributed by atoms with Crippen molar-refractivity contribution < 1.29 is 13.9 Å². The van der Waals surface area contributed by atoms with Gasteiger partial charge in [-0.2, -0.15) is 0 Å². The molecule has 0 radical (unpaired) electrons. The summed E-state index contributed by atoms with van der Waals surface area (Å²) in [5.41, 5.74) is 0.320. The number of carbonyl (C=O) groups excluding carboxylic acids is 1. The van der Waals surface area contributed by atoms with E-state index in [1.165, 1.54) is 13.5 Å². The summed E-state index contributed by atoms with van der Waals surface area (Å²) in [7, 11) is 1.35. The van der Waals surface area contributed by atoms with Crippen LogP contribution in [0.1, 0.15) is 29.1 Å². The fraction of sp³-hybridized carbons (Fsp3) is 0.636. The van der Waals surface area contributed by atoms with Gasteiger partial charge in [-0.1, -0.05) is 0 Å². The lowest BCUT2D eigenvalue weighted by molar-refractivity contribution is 0.0591. The molecule has 0 aromatic carbocycles. The molecule has 0 amide bonds. The van der Waals surface area contributed by atoms with Crippen molar-refractivity contribution in [3.63, 3.8) is 0 Å². The van der Waals surface area contributed by atoms with Gasteiger partial charge in [0.1, 0.15) is 5.76 Å². The molecular formula is C11H16N2O3. The molecule has 2 rings (SSSR count). The number of carbonyl (C=O) groups is 1. The Morgan fingerprint density at radius 3 is 3.06 bits per heavy atom. The third-order valence-electron chi connectivity index (χ3n) is 2.95. The molecule has 1 N–H and O–H groups in total. The van der Waals surface area contributed by atoms with Crippen LogP contribution in [0, 0.1) is 5.92 Å². The first kappa shape index (κ1) is 11.1. The van der Waals surface area contributed by atoms with Crippen LogP contribution in [0.3, 0.4) is 0 Å². The Labute approximate surface area is 94.2 Å². The van der Waals surface area contributed by atoms with E-state index in [0.717, 1.165) is 32.4 Å². The number of esters is 1. The number of hydrogen-bond acceptors (Lipinski definition) is 5. The van der Waals surface area contributed by atoms with E-state index in [2.05, 4.69) is 15.0 Å². The van der Waals surface area contributed by atoms with Gasteiger partial charge < -0.3 is 14.5 Å². The van der Waals surface area contributed by atoms with Gasteiger partial charge in [0.25, 0.3) is 0 Å². The van der Waals surface area contributed by atoms with Crippen LogP contribution in [-0.2, 0) is 11.2 Å². The number of nitrogens with one attached hydrogen (secondary N) is 1. The number of oxazole rings is 1. The second-order valence-electron chi connectivity index (χ2n) is 4.01. The number of hydrogen-bond donors (Lipinski definition) is 1. The maximum Gasteiger partial charge on any atom is 0.360 e. The summed E-state index contributed by atoms with van der Waals surface area (Å²) in [4.78, 5) is 15.3. The number of piperidine rings is 1. The van der Waals surface area contributed by atoms with Gasteiger partial charge in [0.15, 0.2) is 12.1 Å². The van der Waals surface area contributed by atoms with Crippen LogP contribution in [0.25, 0.3) is 0 Å². The summed E-state index contributed by atoms with van der Waals surface area (Å²) in [6.07, 6.45) is 4.30. The summed E-state index contributed by atoms with van der Waals surface area (Å²) in [5, 5.41) is 3.31. The zero-order valence-electron chi connectivity index (χ0n) is 9.36. The van der Waals surface area contributed by atoms with E-state index in [1.807, 2.05) is 0 Å². The fourth-order valence-electron chi connectivity index (χ4n) is 2.03. The normalized spacial score (nSPS) is 17.3. The molecule has 0 unspecified atom stereocenters. The van der Waals surface area contributed by atoms with Crippen LogP contribution in [0.4, 0.5) is 0 Å². The molecule has 1 saturated heterocycles. The quantitative estimate of drug-likeness (QED) is 0.776. The molecule has 5 nitrogen and oxygen atoms in total. The van der Waals surface area contributed by atoms with Crippen molar-refractivity contribution in [2.45, 2.75) is 19.3 Å². The third-order valence-corrected chi connectivity index (χ3v) is 2.95. The molecule has 0 saturated carbocycles. The summed E-state index contributed by atoms with van der Waals surface area (Å²) < 4.78 is 9.91. The molecular weight excluding hydrogens is 208 g/mol. The summed E-state index contributed by atoms with van der Waals surface area (Å²) in [6, 6.07) is 0. The third kappa shape index (κ3) is 2.41. The monoisotopic (exact) mass is 224 g/mol. The minimum Gasteiger partial charge on any atom is -0.464 e. The van der Waals surface area contributed by atoms with E-state index in [1.54, 1.807) is 0 Å². The van der Waals surface area contributed by atoms with Crippen LogP contribution in [0.15, 0.2) is 10.8 Å². The maximum absolute atomic E-state index is 11.4. The van der Waals surface area contributed by atoms with Gasteiger partial charge in [0, 0.05) is 6.42 Å². The lowest BCUT2D eigenvalue weighted by atomic mass is 9.93. The Morgan fingerprint density at radius 2 is 2.38 bits per heavy atom. The minimum atomic E-state index is -0.419. The van der Waals surface area contributed by atoms with Gasteiger partial charge in [-0.15, -0.1) is 0 Å². The summed E-state index contributed by atoms with van der Waals surface area (Å²) in [6.45, 7) is 2.07. The van der Waals surface area contributed by atoms with E-state index in [4.69, 9.17) is 4.42 Å². The van der Waals surface area contributed by atoms with Gasteiger partial charge >= 0.3 is 5.97 Å². The average molecular weight is 224 g/mol. The number of rotatable bonds is 3. The highest BCUT2D eigenvalue weighted by molar-refractivity contribution is 5.88. The molecule has 0 aliphatic carbocycles. The summed E-state index contributed by atoms with van der Waals surface area (Å²) >= 11 is 0. The van der Waals surface area contributed by atoms with E-state index < -0.39 is 5.97 Å².